The van der Waals surface area contributed by atoms with E-state index in [-0.39, 0.29) is 0 Å². The number of pyridine rings is 1. The third-order valence-corrected chi connectivity index (χ3v) is 6.90. The number of methoxy groups -OCH3 is 3. The molecule has 0 spiro atoms. The maximum absolute atomic E-state index is 6.49. The number of piperazine rings is 1. The lowest BCUT2D eigenvalue weighted by Crippen LogP contribution is -2.47. The van der Waals surface area contributed by atoms with E-state index >= 15 is 0 Å². The molecule has 1 fully saturated rings. The Labute approximate surface area is 231 Å². The lowest BCUT2D eigenvalue weighted by Gasteiger charge is -2.37. The Bertz CT molecular complexity index is 1460. The van der Waals surface area contributed by atoms with E-state index in [0.717, 1.165) is 60.0 Å². The topological polar surface area (TPSA) is 84.9 Å². The second-order valence-corrected chi connectivity index (χ2v) is 9.63. The zero-order chi connectivity index (χ0) is 26.8. The summed E-state index contributed by atoms with van der Waals surface area (Å²) in [6.45, 7) is 4.95. The molecule has 0 unspecified atom stereocenters. The number of nitrogens with zero attached hydrogens (tertiary/aromatic N) is 5. The Morgan fingerprint density at radius 3 is 2.13 bits per heavy atom. The fourth-order valence-electron chi connectivity index (χ4n) is 4.61. The molecule has 2 aromatic heterocycles. The Hall–Kier alpha value is -3.69. The van der Waals surface area contributed by atoms with E-state index in [1.165, 1.54) is 0 Å². The molecule has 1 N–H and O–H groups in total. The number of rotatable bonds is 7. The van der Waals surface area contributed by atoms with Gasteiger partial charge in [0.2, 0.25) is 5.95 Å². The fourth-order valence-corrected chi connectivity index (χ4v) is 5.03. The quantitative estimate of drug-likeness (QED) is 0.287. The minimum atomic E-state index is 0.316. The average Bonchev–Trinajstić information content (AvgIpc) is 2.91. The van der Waals surface area contributed by atoms with Gasteiger partial charge in [0.15, 0.2) is 10.9 Å². The predicted octanol–water partition coefficient (Wildman–Crippen LogP) is 5.74. The molecule has 4 aromatic rings. The normalized spacial score (nSPS) is 13.5. The van der Waals surface area contributed by atoms with Crippen LogP contribution in [0.15, 0.2) is 42.5 Å². The summed E-state index contributed by atoms with van der Waals surface area (Å²) < 4.78 is 16.4. The van der Waals surface area contributed by atoms with Gasteiger partial charge < -0.3 is 29.3 Å². The number of hydrogen-bond acceptors (Lipinski definition) is 9. The van der Waals surface area contributed by atoms with Crippen molar-refractivity contribution in [3.8, 4) is 17.2 Å². The maximum atomic E-state index is 6.49. The molecule has 5 rings (SSSR count). The highest BCUT2D eigenvalue weighted by atomic mass is 35.5. The number of halogens is 2. The number of anilines is 4. The van der Waals surface area contributed by atoms with Crippen LogP contribution < -0.4 is 29.3 Å². The number of benzene rings is 2. The number of nitrogens with one attached hydrogen (secondary N) is 1. The molecule has 38 heavy (non-hydrogen) atoms. The Morgan fingerprint density at radius 2 is 1.47 bits per heavy atom. The molecule has 11 heteroatoms. The van der Waals surface area contributed by atoms with Crippen molar-refractivity contribution in [2.24, 2.45) is 0 Å². The standard InChI is InChI=1S/C27H28Cl2N6O3/c1-16-11-23(33-27(30-16)31-18-13-19(36-2)15-20(14-18)37-3)34-7-9-35(10-8-34)24-21-6-5-17(28)12-22(21)32-26(29)25(24)38-4/h5-6,11-15H,7-10H2,1-4H3,(H,30,31,33). The summed E-state index contributed by atoms with van der Waals surface area (Å²) in [5, 5.41) is 5.16. The van der Waals surface area contributed by atoms with Gasteiger partial charge in [-0.15, -0.1) is 0 Å². The van der Waals surface area contributed by atoms with E-state index in [2.05, 4.69) is 25.1 Å². The minimum absolute atomic E-state index is 0.316. The molecule has 3 heterocycles. The highest BCUT2D eigenvalue weighted by molar-refractivity contribution is 6.33. The van der Waals surface area contributed by atoms with E-state index in [0.29, 0.717) is 33.4 Å². The summed E-state index contributed by atoms with van der Waals surface area (Å²) in [6.07, 6.45) is 0. The lowest BCUT2D eigenvalue weighted by molar-refractivity contribution is 0.395. The van der Waals surface area contributed by atoms with Gasteiger partial charge in [-0.25, -0.2) is 9.97 Å². The summed E-state index contributed by atoms with van der Waals surface area (Å²) in [5.41, 5.74) is 3.29. The van der Waals surface area contributed by atoms with Crippen molar-refractivity contribution in [2.75, 3.05) is 62.6 Å². The van der Waals surface area contributed by atoms with Crippen molar-refractivity contribution in [1.29, 1.82) is 0 Å². The first-order chi connectivity index (χ1) is 18.4. The molecular formula is C27H28Cl2N6O3. The molecule has 0 amide bonds. The van der Waals surface area contributed by atoms with Gasteiger partial charge in [-0.2, -0.15) is 4.98 Å². The first kappa shape index (κ1) is 25.9. The molecule has 1 aliphatic rings. The highest BCUT2D eigenvalue weighted by Gasteiger charge is 2.25. The van der Waals surface area contributed by atoms with E-state index in [9.17, 15) is 0 Å². The molecule has 0 atom stereocenters. The third-order valence-electron chi connectivity index (χ3n) is 6.41. The van der Waals surface area contributed by atoms with Crippen LogP contribution >= 0.6 is 23.2 Å². The summed E-state index contributed by atoms with van der Waals surface area (Å²) in [4.78, 5) is 18.4. The van der Waals surface area contributed by atoms with Gasteiger partial charge in [0.25, 0.3) is 0 Å². The SMILES string of the molecule is COc1cc(Nc2nc(C)cc(N3CCN(c4c(OC)c(Cl)nc5cc(Cl)ccc45)CC3)n2)cc(OC)c1. The number of hydrogen-bond donors (Lipinski definition) is 1. The summed E-state index contributed by atoms with van der Waals surface area (Å²) in [6, 6.07) is 13.2. The number of fused-ring (bicyclic) bond motifs is 1. The van der Waals surface area contributed by atoms with Crippen molar-refractivity contribution in [1.82, 2.24) is 15.0 Å². The number of ether oxygens (including phenoxy) is 3. The molecular weight excluding hydrogens is 527 g/mol. The monoisotopic (exact) mass is 554 g/mol. The second kappa shape index (κ2) is 11.0. The van der Waals surface area contributed by atoms with Gasteiger partial charge in [0.1, 0.15) is 17.3 Å². The van der Waals surface area contributed by atoms with Gasteiger partial charge in [-0.1, -0.05) is 23.2 Å². The summed E-state index contributed by atoms with van der Waals surface area (Å²) in [5.74, 6) is 3.27. The van der Waals surface area contributed by atoms with Gasteiger partial charge in [0.05, 0.1) is 32.5 Å². The Balaban J connectivity index is 1.38. The van der Waals surface area contributed by atoms with Crippen molar-refractivity contribution in [3.63, 3.8) is 0 Å². The highest BCUT2D eigenvalue weighted by Crippen LogP contribution is 2.41. The Kier molecular flexibility index (Phi) is 7.49. The van der Waals surface area contributed by atoms with Crippen molar-refractivity contribution >= 4 is 57.2 Å². The molecule has 1 saturated heterocycles. The van der Waals surface area contributed by atoms with Crippen LogP contribution in [0.5, 0.6) is 17.2 Å². The zero-order valence-corrected chi connectivity index (χ0v) is 23.1. The molecule has 0 radical (unpaired) electrons. The van der Waals surface area contributed by atoms with Gasteiger partial charge in [0, 0.05) is 72.2 Å². The van der Waals surface area contributed by atoms with E-state index in [4.69, 9.17) is 42.4 Å². The van der Waals surface area contributed by atoms with Crippen molar-refractivity contribution < 1.29 is 14.2 Å². The van der Waals surface area contributed by atoms with E-state index in [1.807, 2.05) is 49.4 Å². The predicted molar refractivity (Wildman–Crippen MR) is 152 cm³/mol. The van der Waals surface area contributed by atoms with E-state index < -0.39 is 0 Å². The zero-order valence-electron chi connectivity index (χ0n) is 21.6. The minimum Gasteiger partial charge on any atom is -0.497 e. The average molecular weight is 555 g/mol. The fraction of sp³-hybridized carbons (Fsp3) is 0.296. The van der Waals surface area contributed by atoms with Crippen LogP contribution in [-0.4, -0.2) is 62.5 Å². The molecule has 1 aliphatic heterocycles. The van der Waals surface area contributed by atoms with Crippen LogP contribution in [-0.2, 0) is 0 Å². The van der Waals surface area contributed by atoms with Gasteiger partial charge in [-0.05, 0) is 25.1 Å². The number of aromatic nitrogens is 3. The molecule has 2 aromatic carbocycles. The van der Waals surface area contributed by atoms with Crippen LogP contribution in [0.4, 0.5) is 23.1 Å². The molecule has 0 saturated carbocycles. The third kappa shape index (κ3) is 5.30. The van der Waals surface area contributed by atoms with Crippen molar-refractivity contribution in [2.45, 2.75) is 6.92 Å². The van der Waals surface area contributed by atoms with Gasteiger partial charge >= 0.3 is 0 Å². The van der Waals surface area contributed by atoms with Crippen LogP contribution in [0.2, 0.25) is 10.2 Å². The second-order valence-electron chi connectivity index (χ2n) is 8.84. The first-order valence-electron chi connectivity index (χ1n) is 12.1. The molecule has 0 aliphatic carbocycles. The first-order valence-corrected chi connectivity index (χ1v) is 12.8. The summed E-state index contributed by atoms with van der Waals surface area (Å²) in [7, 11) is 4.85. The number of aryl methyl sites for hydroxylation is 1. The summed E-state index contributed by atoms with van der Waals surface area (Å²) >= 11 is 12.7. The molecule has 0 bridgehead atoms. The molecule has 9 nitrogen and oxygen atoms in total. The molecule has 198 valence electrons. The van der Waals surface area contributed by atoms with E-state index in [1.54, 1.807) is 21.3 Å². The van der Waals surface area contributed by atoms with Crippen LogP contribution in [0.1, 0.15) is 5.69 Å². The van der Waals surface area contributed by atoms with Crippen molar-refractivity contribution in [3.05, 3.63) is 58.3 Å². The van der Waals surface area contributed by atoms with Crippen LogP contribution in [0.3, 0.4) is 0 Å². The van der Waals surface area contributed by atoms with Gasteiger partial charge in [-0.3, -0.25) is 0 Å². The van der Waals surface area contributed by atoms with Crippen LogP contribution in [0.25, 0.3) is 10.9 Å². The maximum Gasteiger partial charge on any atom is 0.229 e. The smallest absolute Gasteiger partial charge is 0.229 e. The van der Waals surface area contributed by atoms with Crippen LogP contribution in [0, 0.1) is 6.92 Å². The largest absolute Gasteiger partial charge is 0.497 e. The Morgan fingerprint density at radius 1 is 0.789 bits per heavy atom. The lowest BCUT2D eigenvalue weighted by atomic mass is 10.1.